The average molecular weight is 216 g/mol. The second-order valence-electron chi connectivity index (χ2n) is 3.90. The van der Waals surface area contributed by atoms with E-state index < -0.39 is 0 Å². The lowest BCUT2D eigenvalue weighted by Gasteiger charge is -2.13. The van der Waals surface area contributed by atoms with E-state index in [4.69, 9.17) is 5.73 Å². The van der Waals surface area contributed by atoms with Crippen molar-refractivity contribution in [2.45, 2.75) is 26.3 Å². The second-order valence-corrected chi connectivity index (χ2v) is 3.90. The molecule has 0 bridgehead atoms. The fraction of sp³-hybridized carbons (Fsp3) is 0.333. The molecular formula is C12H16N4. The summed E-state index contributed by atoms with van der Waals surface area (Å²) >= 11 is 0. The quantitative estimate of drug-likeness (QED) is 0.827. The number of nitrogens with one attached hydrogen (secondary N) is 1. The summed E-state index contributed by atoms with van der Waals surface area (Å²) in [6.45, 7) is 4.21. The minimum absolute atomic E-state index is 0.345. The Hall–Kier alpha value is -1.84. The third-order valence-electron chi connectivity index (χ3n) is 2.59. The molecule has 0 saturated heterocycles. The van der Waals surface area contributed by atoms with Crippen LogP contribution in [0.15, 0.2) is 24.3 Å². The van der Waals surface area contributed by atoms with Crippen LogP contribution in [0.4, 0.5) is 11.6 Å². The molecule has 0 amide bonds. The molecule has 0 radical (unpaired) electrons. The number of hydrogen-bond donors (Lipinski definition) is 2. The highest BCUT2D eigenvalue weighted by molar-refractivity contribution is 5.79. The highest BCUT2D eigenvalue weighted by atomic mass is 15.1. The van der Waals surface area contributed by atoms with E-state index in [1.165, 1.54) is 0 Å². The van der Waals surface area contributed by atoms with E-state index in [1.807, 2.05) is 24.3 Å². The first kappa shape index (κ1) is 10.7. The molecule has 1 aromatic heterocycles. The summed E-state index contributed by atoms with van der Waals surface area (Å²) in [6, 6.07) is 8.06. The van der Waals surface area contributed by atoms with Crippen molar-refractivity contribution in [1.29, 1.82) is 0 Å². The van der Waals surface area contributed by atoms with Gasteiger partial charge in [-0.05, 0) is 25.5 Å². The first-order valence-corrected chi connectivity index (χ1v) is 5.49. The first-order chi connectivity index (χ1) is 7.70. The molecule has 1 heterocycles. The van der Waals surface area contributed by atoms with Gasteiger partial charge in [0.15, 0.2) is 11.6 Å². The van der Waals surface area contributed by atoms with Gasteiger partial charge in [0.25, 0.3) is 0 Å². The van der Waals surface area contributed by atoms with Crippen LogP contribution in [0, 0.1) is 0 Å². The molecule has 2 rings (SSSR count). The number of rotatable bonds is 3. The van der Waals surface area contributed by atoms with Crippen LogP contribution in [0.5, 0.6) is 0 Å². The third kappa shape index (κ3) is 2.05. The van der Waals surface area contributed by atoms with Gasteiger partial charge >= 0.3 is 0 Å². The molecule has 0 aliphatic rings. The van der Waals surface area contributed by atoms with Crippen molar-refractivity contribution in [3.8, 4) is 0 Å². The fourth-order valence-corrected chi connectivity index (χ4v) is 1.46. The van der Waals surface area contributed by atoms with Gasteiger partial charge in [-0.15, -0.1) is 0 Å². The lowest BCUT2D eigenvalue weighted by Crippen LogP contribution is -2.16. The zero-order chi connectivity index (χ0) is 11.5. The molecule has 1 unspecified atom stereocenters. The minimum Gasteiger partial charge on any atom is -0.381 e. The van der Waals surface area contributed by atoms with Crippen LogP contribution in [-0.4, -0.2) is 16.0 Å². The summed E-state index contributed by atoms with van der Waals surface area (Å²) in [7, 11) is 0. The Morgan fingerprint density at radius 3 is 2.50 bits per heavy atom. The molecule has 0 aliphatic heterocycles. The van der Waals surface area contributed by atoms with Crippen molar-refractivity contribution in [3.63, 3.8) is 0 Å². The fourth-order valence-electron chi connectivity index (χ4n) is 1.46. The van der Waals surface area contributed by atoms with Crippen LogP contribution in [0.3, 0.4) is 0 Å². The summed E-state index contributed by atoms with van der Waals surface area (Å²) in [5.74, 6) is 1.13. The highest BCUT2D eigenvalue weighted by Gasteiger charge is 2.07. The predicted octanol–water partition coefficient (Wildman–Crippen LogP) is 2.42. The van der Waals surface area contributed by atoms with E-state index >= 15 is 0 Å². The SMILES string of the molecule is CCC(C)Nc1nc2ccccc2nc1N. The zero-order valence-electron chi connectivity index (χ0n) is 9.57. The van der Waals surface area contributed by atoms with Crippen molar-refractivity contribution < 1.29 is 0 Å². The topological polar surface area (TPSA) is 63.8 Å². The van der Waals surface area contributed by atoms with Gasteiger partial charge in [0.2, 0.25) is 0 Å². The largest absolute Gasteiger partial charge is 0.381 e. The standard InChI is InChI=1S/C12H16N4/c1-3-8(2)14-12-11(13)15-9-6-4-5-7-10(9)16-12/h4-8H,3H2,1-2H3,(H2,13,15)(H,14,16). The maximum absolute atomic E-state index is 5.85. The van der Waals surface area contributed by atoms with Crippen molar-refractivity contribution in [2.75, 3.05) is 11.1 Å². The van der Waals surface area contributed by atoms with E-state index in [2.05, 4.69) is 29.1 Å². The molecule has 3 N–H and O–H groups in total. The summed E-state index contributed by atoms with van der Waals surface area (Å²) < 4.78 is 0. The molecule has 84 valence electrons. The van der Waals surface area contributed by atoms with Crippen LogP contribution in [0.1, 0.15) is 20.3 Å². The molecule has 0 saturated carbocycles. The van der Waals surface area contributed by atoms with Gasteiger partial charge in [0.1, 0.15) is 0 Å². The van der Waals surface area contributed by atoms with Gasteiger partial charge in [-0.25, -0.2) is 9.97 Å². The van der Waals surface area contributed by atoms with Crippen LogP contribution < -0.4 is 11.1 Å². The number of anilines is 2. The molecule has 16 heavy (non-hydrogen) atoms. The average Bonchev–Trinajstić information content (AvgIpc) is 2.30. The number of hydrogen-bond acceptors (Lipinski definition) is 4. The Bertz CT molecular complexity index is 495. The monoisotopic (exact) mass is 216 g/mol. The van der Waals surface area contributed by atoms with E-state index in [1.54, 1.807) is 0 Å². The summed E-state index contributed by atoms with van der Waals surface area (Å²) in [6.07, 6.45) is 1.02. The summed E-state index contributed by atoms with van der Waals surface area (Å²) in [5, 5.41) is 3.25. The van der Waals surface area contributed by atoms with E-state index in [0.717, 1.165) is 17.5 Å². The normalized spacial score (nSPS) is 12.6. The smallest absolute Gasteiger partial charge is 0.169 e. The number of nitrogens with zero attached hydrogens (tertiary/aromatic N) is 2. The van der Waals surface area contributed by atoms with Crippen molar-refractivity contribution in [2.24, 2.45) is 0 Å². The molecule has 0 fully saturated rings. The highest BCUT2D eigenvalue weighted by Crippen LogP contribution is 2.19. The van der Waals surface area contributed by atoms with Gasteiger partial charge in [0.05, 0.1) is 11.0 Å². The Morgan fingerprint density at radius 1 is 1.25 bits per heavy atom. The van der Waals surface area contributed by atoms with Crippen molar-refractivity contribution >= 4 is 22.7 Å². The molecule has 4 heteroatoms. The number of aromatic nitrogens is 2. The van der Waals surface area contributed by atoms with E-state index in [-0.39, 0.29) is 0 Å². The van der Waals surface area contributed by atoms with Gasteiger partial charge in [-0.2, -0.15) is 0 Å². The molecule has 1 aromatic carbocycles. The molecule has 2 aromatic rings. The molecule has 0 aliphatic carbocycles. The van der Waals surface area contributed by atoms with Gasteiger partial charge < -0.3 is 11.1 Å². The molecule has 4 nitrogen and oxygen atoms in total. The summed E-state index contributed by atoms with van der Waals surface area (Å²) in [4.78, 5) is 8.78. The molecule has 1 atom stereocenters. The maximum Gasteiger partial charge on any atom is 0.169 e. The molecule has 0 spiro atoms. The van der Waals surface area contributed by atoms with Crippen LogP contribution in [0.2, 0.25) is 0 Å². The number of para-hydroxylation sites is 2. The number of nitrogen functional groups attached to an aromatic ring is 1. The number of nitrogens with two attached hydrogens (primary N) is 1. The summed E-state index contributed by atoms with van der Waals surface area (Å²) in [5.41, 5.74) is 7.55. The predicted molar refractivity (Wildman–Crippen MR) is 67.3 cm³/mol. The minimum atomic E-state index is 0.345. The maximum atomic E-state index is 5.85. The van der Waals surface area contributed by atoms with Crippen molar-refractivity contribution in [1.82, 2.24) is 9.97 Å². The third-order valence-corrected chi connectivity index (χ3v) is 2.59. The Morgan fingerprint density at radius 2 is 1.88 bits per heavy atom. The van der Waals surface area contributed by atoms with Crippen LogP contribution in [0.25, 0.3) is 11.0 Å². The number of fused-ring (bicyclic) bond motifs is 1. The van der Waals surface area contributed by atoms with Crippen LogP contribution in [-0.2, 0) is 0 Å². The lowest BCUT2D eigenvalue weighted by atomic mass is 10.2. The van der Waals surface area contributed by atoms with Gasteiger partial charge in [0, 0.05) is 6.04 Å². The van der Waals surface area contributed by atoms with E-state index in [0.29, 0.717) is 17.7 Å². The van der Waals surface area contributed by atoms with Crippen LogP contribution >= 0.6 is 0 Å². The van der Waals surface area contributed by atoms with Crippen molar-refractivity contribution in [3.05, 3.63) is 24.3 Å². The molecular weight excluding hydrogens is 200 g/mol. The first-order valence-electron chi connectivity index (χ1n) is 5.49. The zero-order valence-corrected chi connectivity index (χ0v) is 9.57. The Labute approximate surface area is 94.9 Å². The number of benzene rings is 1. The second kappa shape index (κ2) is 4.35. The Balaban J connectivity index is 2.42. The van der Waals surface area contributed by atoms with Gasteiger partial charge in [-0.1, -0.05) is 19.1 Å². The Kier molecular flexibility index (Phi) is 2.90. The van der Waals surface area contributed by atoms with E-state index in [9.17, 15) is 0 Å². The lowest BCUT2D eigenvalue weighted by molar-refractivity contribution is 0.760. The van der Waals surface area contributed by atoms with Gasteiger partial charge in [-0.3, -0.25) is 0 Å².